The van der Waals surface area contributed by atoms with E-state index >= 15 is 0 Å². The number of pyridine rings is 1. The minimum Gasteiger partial charge on any atom is -0.256 e. The third-order valence-corrected chi connectivity index (χ3v) is 5.20. The number of nitrogens with zero attached hydrogens (tertiary/aromatic N) is 1. The van der Waals surface area contributed by atoms with Gasteiger partial charge in [-0.2, -0.15) is 0 Å². The Morgan fingerprint density at radius 1 is 0.500 bits per heavy atom. The van der Waals surface area contributed by atoms with Crippen molar-refractivity contribution in [2.75, 3.05) is 0 Å². The van der Waals surface area contributed by atoms with Crippen LogP contribution in [0.4, 0.5) is 0 Å². The van der Waals surface area contributed by atoms with Gasteiger partial charge in [0, 0.05) is 17.0 Å². The average molecular weight is 303 g/mol. The first-order valence-electron chi connectivity index (χ1n) is 8.24. The van der Waals surface area contributed by atoms with Gasteiger partial charge in [-0.15, -0.1) is 0 Å². The Morgan fingerprint density at radius 3 is 2.04 bits per heavy atom. The fourth-order valence-electron chi connectivity index (χ4n) is 4.13. The summed E-state index contributed by atoms with van der Waals surface area (Å²) in [5.41, 5.74) is 1.11. The first-order valence-corrected chi connectivity index (χ1v) is 8.24. The van der Waals surface area contributed by atoms with Crippen LogP contribution in [0.3, 0.4) is 0 Å². The van der Waals surface area contributed by atoms with Crippen molar-refractivity contribution in [2.24, 2.45) is 0 Å². The van der Waals surface area contributed by atoms with Gasteiger partial charge in [0.2, 0.25) is 0 Å². The maximum Gasteiger partial charge on any atom is 0.0793 e. The van der Waals surface area contributed by atoms with Crippen LogP contribution in [0.5, 0.6) is 0 Å². The van der Waals surface area contributed by atoms with Gasteiger partial charge < -0.3 is 0 Å². The SMILES string of the molecule is c1ccc2cc3c(cc2c1)c1cccc2ccc4ccnc3c4c21. The molecule has 0 atom stereocenters. The Bertz CT molecular complexity index is 1290. The fraction of sp³-hybridized carbons (Fsp3) is 0. The first kappa shape index (κ1) is 12.3. The maximum atomic E-state index is 4.77. The third-order valence-electron chi connectivity index (χ3n) is 5.20. The number of fused-ring (bicyclic) bond motifs is 4. The van der Waals surface area contributed by atoms with Crippen molar-refractivity contribution < 1.29 is 0 Å². The highest BCUT2D eigenvalue weighted by Crippen LogP contribution is 2.40. The number of aromatic nitrogens is 1. The van der Waals surface area contributed by atoms with E-state index in [-0.39, 0.29) is 0 Å². The van der Waals surface area contributed by atoms with Crippen LogP contribution in [0.25, 0.3) is 54.0 Å². The lowest BCUT2D eigenvalue weighted by atomic mass is 9.90. The van der Waals surface area contributed by atoms with Crippen LogP contribution < -0.4 is 0 Å². The molecule has 0 radical (unpaired) electrons. The molecule has 0 fully saturated rings. The van der Waals surface area contributed by atoms with E-state index in [0.717, 1.165) is 5.52 Å². The molecule has 1 heterocycles. The highest BCUT2D eigenvalue weighted by Gasteiger charge is 2.14. The Labute approximate surface area is 138 Å². The molecule has 6 aromatic rings. The zero-order chi connectivity index (χ0) is 15.7. The van der Waals surface area contributed by atoms with Gasteiger partial charge in [0.1, 0.15) is 0 Å². The molecule has 0 unspecified atom stereocenters. The number of hydrogen-bond donors (Lipinski definition) is 0. The van der Waals surface area contributed by atoms with Crippen LogP contribution in [0.15, 0.2) is 79.0 Å². The van der Waals surface area contributed by atoms with E-state index in [9.17, 15) is 0 Å². The van der Waals surface area contributed by atoms with Gasteiger partial charge in [-0.1, -0.05) is 54.6 Å². The minimum atomic E-state index is 1.11. The van der Waals surface area contributed by atoms with Crippen LogP contribution in [0, 0.1) is 0 Å². The molecule has 24 heavy (non-hydrogen) atoms. The second kappa shape index (κ2) is 4.21. The zero-order valence-electron chi connectivity index (χ0n) is 13.0. The zero-order valence-corrected chi connectivity index (χ0v) is 13.0. The highest BCUT2D eigenvalue weighted by atomic mass is 14.7. The van der Waals surface area contributed by atoms with Gasteiger partial charge in [0.25, 0.3) is 0 Å². The van der Waals surface area contributed by atoms with Crippen molar-refractivity contribution in [2.45, 2.75) is 0 Å². The first-order chi connectivity index (χ1) is 11.9. The topological polar surface area (TPSA) is 12.9 Å². The summed E-state index contributed by atoms with van der Waals surface area (Å²) < 4.78 is 0. The largest absolute Gasteiger partial charge is 0.256 e. The average Bonchev–Trinajstić information content (AvgIpc) is 2.65. The van der Waals surface area contributed by atoms with Gasteiger partial charge in [-0.25, -0.2) is 0 Å². The molecule has 1 aromatic heterocycles. The fourth-order valence-corrected chi connectivity index (χ4v) is 4.13. The van der Waals surface area contributed by atoms with Gasteiger partial charge >= 0.3 is 0 Å². The summed E-state index contributed by atoms with van der Waals surface area (Å²) in [5.74, 6) is 0. The van der Waals surface area contributed by atoms with Crippen LogP contribution in [-0.2, 0) is 0 Å². The second-order valence-corrected chi connectivity index (χ2v) is 6.47. The Balaban J connectivity index is 2.06. The summed E-state index contributed by atoms with van der Waals surface area (Å²) in [4.78, 5) is 4.77. The van der Waals surface area contributed by atoms with E-state index in [4.69, 9.17) is 4.98 Å². The number of benzene rings is 5. The maximum absolute atomic E-state index is 4.77. The van der Waals surface area contributed by atoms with Crippen LogP contribution in [-0.4, -0.2) is 4.98 Å². The van der Waals surface area contributed by atoms with Gasteiger partial charge in [-0.3, -0.25) is 4.98 Å². The van der Waals surface area contributed by atoms with Crippen molar-refractivity contribution in [1.82, 2.24) is 4.98 Å². The van der Waals surface area contributed by atoms with E-state index in [2.05, 4.69) is 72.8 Å². The van der Waals surface area contributed by atoms with Gasteiger partial charge in [0.05, 0.1) is 5.52 Å². The molecule has 0 amide bonds. The van der Waals surface area contributed by atoms with Crippen molar-refractivity contribution in [1.29, 1.82) is 0 Å². The molecule has 1 heteroatoms. The summed E-state index contributed by atoms with van der Waals surface area (Å²) in [6.07, 6.45) is 1.93. The monoisotopic (exact) mass is 303 g/mol. The number of rotatable bonds is 0. The van der Waals surface area contributed by atoms with E-state index < -0.39 is 0 Å². The Kier molecular flexibility index (Phi) is 2.15. The van der Waals surface area contributed by atoms with Crippen molar-refractivity contribution in [3.63, 3.8) is 0 Å². The van der Waals surface area contributed by atoms with E-state index in [1.54, 1.807) is 0 Å². The van der Waals surface area contributed by atoms with Crippen molar-refractivity contribution in [3.05, 3.63) is 79.0 Å². The standard InChI is InChI=1S/C23H13N/c1-2-5-17-13-20-19(12-16(17)4-1)18-7-3-6-14-8-9-15-10-11-24-23(20)22(15)21(14)18/h1-13H. The van der Waals surface area contributed by atoms with Crippen LogP contribution in [0.1, 0.15) is 0 Å². The Hall–Kier alpha value is -3.19. The van der Waals surface area contributed by atoms with Crippen LogP contribution >= 0.6 is 0 Å². The summed E-state index contributed by atoms with van der Waals surface area (Å²) >= 11 is 0. The Morgan fingerprint density at radius 2 is 1.21 bits per heavy atom. The summed E-state index contributed by atoms with van der Waals surface area (Å²) in [5, 5.41) is 11.6. The molecule has 1 nitrogen and oxygen atoms in total. The predicted molar refractivity (Wildman–Crippen MR) is 103 cm³/mol. The highest BCUT2D eigenvalue weighted by molar-refractivity contribution is 6.33. The van der Waals surface area contributed by atoms with E-state index in [1.165, 1.54) is 48.5 Å². The van der Waals surface area contributed by atoms with Crippen molar-refractivity contribution in [3.8, 4) is 0 Å². The molecule has 0 saturated heterocycles. The molecular formula is C23H13N. The molecule has 0 spiro atoms. The lowest BCUT2D eigenvalue weighted by Gasteiger charge is -2.14. The van der Waals surface area contributed by atoms with Crippen LogP contribution in [0.2, 0.25) is 0 Å². The normalized spacial score (nSPS) is 12.2. The molecule has 0 saturated carbocycles. The minimum absolute atomic E-state index is 1.11. The molecule has 0 aliphatic rings. The summed E-state index contributed by atoms with van der Waals surface area (Å²) in [6.45, 7) is 0. The second-order valence-electron chi connectivity index (χ2n) is 6.47. The summed E-state index contributed by atoms with van der Waals surface area (Å²) in [6, 6.07) is 26.3. The molecule has 0 aliphatic heterocycles. The molecule has 0 N–H and O–H groups in total. The molecule has 110 valence electrons. The lowest BCUT2D eigenvalue weighted by Crippen LogP contribution is -1.89. The quantitative estimate of drug-likeness (QED) is 0.237. The molecular weight excluding hydrogens is 290 g/mol. The van der Waals surface area contributed by atoms with Gasteiger partial charge in [-0.05, 0) is 55.9 Å². The van der Waals surface area contributed by atoms with Gasteiger partial charge in [0.15, 0.2) is 0 Å². The third kappa shape index (κ3) is 1.42. The molecule has 6 rings (SSSR count). The predicted octanol–water partition coefficient (Wildman–Crippen LogP) is 6.29. The summed E-state index contributed by atoms with van der Waals surface area (Å²) in [7, 11) is 0. The van der Waals surface area contributed by atoms with Crippen molar-refractivity contribution >= 4 is 54.0 Å². The van der Waals surface area contributed by atoms with E-state index in [0.29, 0.717) is 0 Å². The molecule has 0 aliphatic carbocycles. The smallest absolute Gasteiger partial charge is 0.0793 e. The lowest BCUT2D eigenvalue weighted by molar-refractivity contribution is 1.44. The van der Waals surface area contributed by atoms with E-state index in [1.807, 2.05) is 6.20 Å². The molecule has 5 aromatic carbocycles. The number of hydrogen-bond acceptors (Lipinski definition) is 1. The molecule has 0 bridgehead atoms.